The van der Waals surface area contributed by atoms with Gasteiger partial charge in [0.1, 0.15) is 0 Å². The lowest BCUT2D eigenvalue weighted by molar-refractivity contribution is -0.130. The van der Waals surface area contributed by atoms with Crippen molar-refractivity contribution in [1.29, 1.82) is 0 Å². The Bertz CT molecular complexity index is 168. The molecule has 13 heavy (non-hydrogen) atoms. The molecule has 0 aromatic rings. The van der Waals surface area contributed by atoms with Gasteiger partial charge in [-0.1, -0.05) is 0 Å². The summed E-state index contributed by atoms with van der Waals surface area (Å²) in [6.45, 7) is 0.958. The van der Waals surface area contributed by atoms with Crippen LogP contribution < -0.4 is 0 Å². The Morgan fingerprint density at radius 1 is 1.46 bits per heavy atom. The predicted molar refractivity (Wildman–Crippen MR) is 54.9 cm³/mol. The number of halogens is 1. The maximum atomic E-state index is 11.5. The summed E-state index contributed by atoms with van der Waals surface area (Å²) in [7, 11) is 1.90. The lowest BCUT2D eigenvalue weighted by Crippen LogP contribution is -2.28. The summed E-state index contributed by atoms with van der Waals surface area (Å²) in [5, 5.41) is 0. The molecule has 0 aromatic carbocycles. The molecule has 0 aliphatic heterocycles. The van der Waals surface area contributed by atoms with Crippen LogP contribution in [0.3, 0.4) is 0 Å². The Hall–Kier alpha value is -0.240. The monoisotopic (exact) mass is 203 g/mol. The van der Waals surface area contributed by atoms with Gasteiger partial charge < -0.3 is 4.90 Å². The van der Waals surface area contributed by atoms with Gasteiger partial charge in [-0.15, -0.1) is 11.6 Å². The van der Waals surface area contributed by atoms with Crippen LogP contribution in [0.1, 0.15) is 32.1 Å². The third kappa shape index (κ3) is 4.51. The van der Waals surface area contributed by atoms with Gasteiger partial charge in [-0.3, -0.25) is 4.79 Å². The minimum atomic E-state index is 0.275. The second-order valence-electron chi connectivity index (χ2n) is 3.86. The van der Waals surface area contributed by atoms with Crippen LogP contribution in [0.5, 0.6) is 0 Å². The molecule has 1 rings (SSSR count). The maximum absolute atomic E-state index is 11.5. The number of rotatable bonds is 6. The summed E-state index contributed by atoms with van der Waals surface area (Å²) >= 11 is 5.53. The fraction of sp³-hybridized carbons (Fsp3) is 0.900. The zero-order valence-electron chi connectivity index (χ0n) is 8.26. The summed E-state index contributed by atoms with van der Waals surface area (Å²) in [4.78, 5) is 13.3. The minimum absolute atomic E-state index is 0.275. The van der Waals surface area contributed by atoms with Crippen LogP contribution in [0.2, 0.25) is 0 Å². The molecule has 0 aromatic heterocycles. The van der Waals surface area contributed by atoms with Crippen LogP contribution in [-0.4, -0.2) is 30.3 Å². The number of hydrogen-bond donors (Lipinski definition) is 0. The van der Waals surface area contributed by atoms with Crippen LogP contribution in [0.25, 0.3) is 0 Å². The molecule has 1 fully saturated rings. The van der Waals surface area contributed by atoms with E-state index < -0.39 is 0 Å². The summed E-state index contributed by atoms with van der Waals surface area (Å²) in [5.41, 5.74) is 0. The number of hydrogen-bond acceptors (Lipinski definition) is 1. The summed E-state index contributed by atoms with van der Waals surface area (Å²) in [6.07, 6.45) is 5.15. The molecule has 0 spiro atoms. The van der Waals surface area contributed by atoms with Crippen molar-refractivity contribution in [3.63, 3.8) is 0 Å². The van der Waals surface area contributed by atoms with Crippen LogP contribution >= 0.6 is 11.6 Å². The molecular formula is C10H18ClNO. The second kappa shape index (κ2) is 5.48. The van der Waals surface area contributed by atoms with E-state index in [-0.39, 0.29) is 5.91 Å². The van der Waals surface area contributed by atoms with Crippen molar-refractivity contribution in [3.05, 3.63) is 0 Å². The highest BCUT2D eigenvalue weighted by Gasteiger charge is 2.24. The van der Waals surface area contributed by atoms with Crippen molar-refractivity contribution >= 4 is 17.5 Å². The molecule has 0 heterocycles. The van der Waals surface area contributed by atoms with Crippen LogP contribution in [0.15, 0.2) is 0 Å². The van der Waals surface area contributed by atoms with E-state index in [2.05, 4.69) is 0 Å². The minimum Gasteiger partial charge on any atom is -0.345 e. The zero-order valence-corrected chi connectivity index (χ0v) is 9.02. The summed E-state index contributed by atoms with van der Waals surface area (Å²) in [5.74, 6) is 1.73. The summed E-state index contributed by atoms with van der Waals surface area (Å²) in [6, 6.07) is 0. The first-order chi connectivity index (χ1) is 6.24. The van der Waals surface area contributed by atoms with Gasteiger partial charge >= 0.3 is 0 Å². The van der Waals surface area contributed by atoms with Crippen molar-refractivity contribution in [3.8, 4) is 0 Å². The Labute approximate surface area is 85.2 Å². The molecular weight excluding hydrogens is 186 g/mol. The molecule has 2 nitrogen and oxygen atoms in total. The number of nitrogens with zero attached hydrogens (tertiary/aromatic N) is 1. The molecule has 76 valence electrons. The first-order valence-corrected chi connectivity index (χ1v) is 5.57. The topological polar surface area (TPSA) is 20.3 Å². The smallest absolute Gasteiger partial charge is 0.222 e. The lowest BCUT2D eigenvalue weighted by atomic mass is 10.2. The van der Waals surface area contributed by atoms with E-state index in [0.717, 1.165) is 25.3 Å². The molecule has 1 saturated carbocycles. The van der Waals surface area contributed by atoms with E-state index in [1.807, 2.05) is 11.9 Å². The first kappa shape index (κ1) is 10.8. The lowest BCUT2D eigenvalue weighted by Gasteiger charge is -2.16. The van der Waals surface area contributed by atoms with Crippen molar-refractivity contribution in [2.24, 2.45) is 5.92 Å². The van der Waals surface area contributed by atoms with Crippen molar-refractivity contribution in [1.82, 2.24) is 4.90 Å². The van der Waals surface area contributed by atoms with Crippen LogP contribution in [-0.2, 0) is 4.79 Å². The molecule has 0 saturated heterocycles. The third-order valence-corrected chi connectivity index (χ3v) is 2.70. The number of carbonyl (C=O) groups excluding carboxylic acids is 1. The van der Waals surface area contributed by atoms with Crippen molar-refractivity contribution in [2.45, 2.75) is 32.1 Å². The average Bonchev–Trinajstić information content (AvgIpc) is 2.88. The summed E-state index contributed by atoms with van der Waals surface area (Å²) < 4.78 is 0. The molecule has 0 unspecified atom stereocenters. The number of carbonyl (C=O) groups is 1. The molecule has 0 bridgehead atoms. The van der Waals surface area contributed by atoms with Gasteiger partial charge in [0, 0.05) is 25.9 Å². The van der Waals surface area contributed by atoms with Gasteiger partial charge in [-0.25, -0.2) is 0 Å². The molecule has 1 aliphatic carbocycles. The highest BCUT2D eigenvalue weighted by atomic mass is 35.5. The largest absolute Gasteiger partial charge is 0.345 e. The van der Waals surface area contributed by atoms with Gasteiger partial charge in [0.2, 0.25) is 5.91 Å². The molecule has 0 atom stereocenters. The first-order valence-electron chi connectivity index (χ1n) is 5.04. The number of amides is 1. The van der Waals surface area contributed by atoms with Crippen LogP contribution in [0, 0.1) is 5.92 Å². The van der Waals surface area contributed by atoms with E-state index >= 15 is 0 Å². The quantitative estimate of drug-likeness (QED) is 0.479. The van der Waals surface area contributed by atoms with Gasteiger partial charge in [0.25, 0.3) is 0 Å². The Morgan fingerprint density at radius 2 is 2.15 bits per heavy atom. The predicted octanol–water partition coefficient (Wildman–Crippen LogP) is 2.26. The van der Waals surface area contributed by atoms with Gasteiger partial charge in [0.15, 0.2) is 0 Å². The maximum Gasteiger partial charge on any atom is 0.222 e. The second-order valence-corrected chi connectivity index (χ2v) is 4.24. The van der Waals surface area contributed by atoms with Crippen molar-refractivity contribution in [2.75, 3.05) is 19.5 Å². The fourth-order valence-corrected chi connectivity index (χ4v) is 1.54. The number of alkyl halides is 1. The van der Waals surface area contributed by atoms with Gasteiger partial charge in [0.05, 0.1) is 0 Å². The normalized spacial score (nSPS) is 15.8. The molecule has 3 heteroatoms. The van der Waals surface area contributed by atoms with E-state index in [0.29, 0.717) is 12.3 Å². The zero-order chi connectivity index (χ0) is 9.68. The van der Waals surface area contributed by atoms with Gasteiger partial charge in [-0.2, -0.15) is 0 Å². The third-order valence-electron chi connectivity index (χ3n) is 2.43. The highest BCUT2D eigenvalue weighted by Crippen LogP contribution is 2.29. The standard InChI is InChI=1S/C10H18ClNO/c1-12(8-9-5-6-9)10(13)4-2-3-7-11/h9H,2-8H2,1H3. The molecule has 1 amide bonds. The van der Waals surface area contributed by atoms with Gasteiger partial charge in [-0.05, 0) is 31.6 Å². The van der Waals surface area contributed by atoms with E-state index in [9.17, 15) is 4.79 Å². The SMILES string of the molecule is CN(CC1CC1)C(=O)CCCCCl. The van der Waals surface area contributed by atoms with Crippen LogP contribution in [0.4, 0.5) is 0 Å². The van der Waals surface area contributed by atoms with E-state index in [1.54, 1.807) is 0 Å². The fourth-order valence-electron chi connectivity index (χ4n) is 1.35. The van der Waals surface area contributed by atoms with Crippen molar-refractivity contribution < 1.29 is 4.79 Å². The highest BCUT2D eigenvalue weighted by molar-refractivity contribution is 6.17. The molecule has 1 aliphatic rings. The average molecular weight is 204 g/mol. The molecule has 0 N–H and O–H groups in total. The Balaban J connectivity index is 2.05. The van der Waals surface area contributed by atoms with E-state index in [4.69, 9.17) is 11.6 Å². The van der Waals surface area contributed by atoms with E-state index in [1.165, 1.54) is 12.8 Å². The Kier molecular flexibility index (Phi) is 4.57. The Morgan fingerprint density at radius 3 is 2.69 bits per heavy atom. The number of unbranched alkanes of at least 4 members (excludes halogenated alkanes) is 1. The molecule has 0 radical (unpaired) electrons.